The maximum absolute atomic E-state index is 7.90. The van der Waals surface area contributed by atoms with Gasteiger partial charge in [0.05, 0.1) is 0 Å². The smallest absolute Gasteiger partial charge is 0.0444 e. The summed E-state index contributed by atoms with van der Waals surface area (Å²) in [5, 5.41) is 0. The van der Waals surface area contributed by atoms with E-state index in [1.807, 2.05) is 0 Å². The second kappa shape index (κ2) is 5.48. The molecule has 12 heavy (non-hydrogen) atoms. The van der Waals surface area contributed by atoms with E-state index in [-0.39, 0.29) is 26.2 Å². The summed E-state index contributed by atoms with van der Waals surface area (Å²) in [7, 11) is 0. The molecule has 0 amide bonds. The fourth-order valence-corrected chi connectivity index (χ4v) is 0.779. The van der Waals surface area contributed by atoms with Gasteiger partial charge in [0.25, 0.3) is 0 Å². The molecule has 4 N–H and O–H groups in total. The summed E-state index contributed by atoms with van der Waals surface area (Å²) in [6.45, 7) is -11.9. The van der Waals surface area contributed by atoms with Crippen molar-refractivity contribution in [3.05, 3.63) is 0 Å². The summed E-state index contributed by atoms with van der Waals surface area (Å²) in [5.41, 5.74) is 10.6. The van der Waals surface area contributed by atoms with Crippen LogP contribution in [0, 0.1) is 0 Å². The quantitative estimate of drug-likeness (QED) is 0.554. The molecule has 4 nitrogen and oxygen atoms in total. The Labute approximate surface area is 85.7 Å². The van der Waals surface area contributed by atoms with Gasteiger partial charge in [-0.05, 0) is 0 Å². The molecule has 1 saturated heterocycles. The van der Waals surface area contributed by atoms with E-state index in [1.54, 1.807) is 0 Å². The van der Waals surface area contributed by atoms with Crippen LogP contribution in [0.1, 0.15) is 11.0 Å². The third-order valence-electron chi connectivity index (χ3n) is 1.35. The molecule has 0 bridgehead atoms. The van der Waals surface area contributed by atoms with Crippen molar-refractivity contribution in [2.75, 3.05) is 52.2 Å². The lowest BCUT2D eigenvalue weighted by Crippen LogP contribution is -2.48. The SMILES string of the molecule is [2H]C1([2H])N(CCN)C([2H])([2H])C([2H])([2H])N(CCN)C1([2H])[2H]. The number of nitrogens with two attached hydrogens (primary N) is 2. The van der Waals surface area contributed by atoms with Crippen molar-refractivity contribution in [2.45, 2.75) is 0 Å². The van der Waals surface area contributed by atoms with Crippen molar-refractivity contribution < 1.29 is 11.0 Å². The maximum atomic E-state index is 7.90. The van der Waals surface area contributed by atoms with Crippen LogP contribution >= 0.6 is 0 Å². The molecule has 72 valence electrons. The normalized spacial score (nSPS) is 48.2. The Bertz CT molecular complexity index is 298. The first-order valence-corrected chi connectivity index (χ1v) is 3.84. The lowest BCUT2D eigenvalue weighted by Gasteiger charge is -2.34. The van der Waals surface area contributed by atoms with Crippen LogP contribution in [0.5, 0.6) is 0 Å². The van der Waals surface area contributed by atoms with E-state index >= 15 is 0 Å². The molecule has 0 radical (unpaired) electrons. The van der Waals surface area contributed by atoms with E-state index in [2.05, 4.69) is 0 Å². The summed E-state index contributed by atoms with van der Waals surface area (Å²) in [5.74, 6) is 0. The second-order valence-corrected chi connectivity index (χ2v) is 2.33. The van der Waals surface area contributed by atoms with Crippen LogP contribution in [0.15, 0.2) is 0 Å². The molecule has 0 aliphatic carbocycles. The first-order chi connectivity index (χ1) is 8.89. The van der Waals surface area contributed by atoms with Gasteiger partial charge in [-0.3, -0.25) is 9.80 Å². The van der Waals surface area contributed by atoms with E-state index in [0.717, 1.165) is 0 Å². The van der Waals surface area contributed by atoms with E-state index in [1.165, 1.54) is 0 Å². The molecule has 1 aliphatic heterocycles. The van der Waals surface area contributed by atoms with Crippen LogP contribution in [0.25, 0.3) is 0 Å². The van der Waals surface area contributed by atoms with Gasteiger partial charge < -0.3 is 11.5 Å². The number of piperazine rings is 1. The molecule has 0 aromatic rings. The zero-order chi connectivity index (χ0) is 16.0. The van der Waals surface area contributed by atoms with Crippen molar-refractivity contribution >= 4 is 0 Å². The van der Waals surface area contributed by atoms with Crippen LogP contribution in [-0.4, -0.2) is 62.0 Å². The van der Waals surface area contributed by atoms with Crippen LogP contribution in [0.4, 0.5) is 0 Å². The zero-order valence-electron chi connectivity index (χ0n) is 14.9. The Kier molecular flexibility index (Phi) is 1.61. The molecule has 0 spiro atoms. The predicted octanol–water partition coefficient (Wildman–Crippen LogP) is -1.48. The molecule has 0 aromatic heterocycles. The Morgan fingerprint density at radius 2 is 1.25 bits per heavy atom. The fourth-order valence-electron chi connectivity index (χ4n) is 0.779. The van der Waals surface area contributed by atoms with Crippen LogP contribution in [0.2, 0.25) is 0 Å². The monoisotopic (exact) mass is 180 g/mol. The molecule has 0 aromatic carbocycles. The number of hydrogen-bond donors (Lipinski definition) is 2. The number of nitrogens with zero attached hydrogens (tertiary/aromatic N) is 2. The topological polar surface area (TPSA) is 58.5 Å². The van der Waals surface area contributed by atoms with E-state index < -0.39 is 26.0 Å². The minimum atomic E-state index is -2.75. The molecule has 4 heteroatoms. The first kappa shape index (κ1) is 3.53. The highest BCUT2D eigenvalue weighted by molar-refractivity contribution is 4.71. The van der Waals surface area contributed by atoms with E-state index in [0.29, 0.717) is 9.80 Å². The molecular weight excluding hydrogens is 152 g/mol. The number of rotatable bonds is 4. The summed E-state index contributed by atoms with van der Waals surface area (Å²) in [6.07, 6.45) is 0. The van der Waals surface area contributed by atoms with Crippen molar-refractivity contribution in [1.82, 2.24) is 9.80 Å². The Hall–Kier alpha value is -0.160. The van der Waals surface area contributed by atoms with Gasteiger partial charge in [0.1, 0.15) is 0 Å². The van der Waals surface area contributed by atoms with Gasteiger partial charge in [-0.15, -0.1) is 0 Å². The fraction of sp³-hybridized carbons (Fsp3) is 1.00. The highest BCUT2D eigenvalue weighted by Crippen LogP contribution is 1.99. The molecule has 1 fully saturated rings. The van der Waals surface area contributed by atoms with Crippen molar-refractivity contribution in [2.24, 2.45) is 11.5 Å². The van der Waals surface area contributed by atoms with Gasteiger partial charge in [0.2, 0.25) is 0 Å². The third-order valence-corrected chi connectivity index (χ3v) is 1.35. The highest BCUT2D eigenvalue weighted by Gasteiger charge is 2.14. The summed E-state index contributed by atoms with van der Waals surface area (Å²) in [6, 6.07) is 0. The first-order valence-electron chi connectivity index (χ1n) is 7.84. The van der Waals surface area contributed by atoms with Crippen molar-refractivity contribution in [1.29, 1.82) is 0 Å². The van der Waals surface area contributed by atoms with Gasteiger partial charge in [0, 0.05) is 63.1 Å². The molecule has 0 saturated carbocycles. The molecule has 0 atom stereocenters. The molecule has 1 aliphatic rings. The highest BCUT2D eigenvalue weighted by atomic mass is 15.3. The average Bonchev–Trinajstić information content (AvgIpc) is 2.30. The van der Waals surface area contributed by atoms with Gasteiger partial charge in [-0.2, -0.15) is 0 Å². The Morgan fingerprint density at radius 3 is 1.50 bits per heavy atom. The Morgan fingerprint density at radius 1 is 0.917 bits per heavy atom. The largest absolute Gasteiger partial charge is 0.329 e. The maximum Gasteiger partial charge on any atom is 0.0444 e. The molecular formula is C8H20N4. The van der Waals surface area contributed by atoms with Crippen molar-refractivity contribution in [3.63, 3.8) is 0 Å². The molecule has 1 heterocycles. The van der Waals surface area contributed by atoms with Crippen molar-refractivity contribution in [3.8, 4) is 0 Å². The standard InChI is InChI=1S/C8H20N4/c9-1-3-11-5-7-12(4-2-10)8-6-11/h1-10H2/i5D2,6D2,7D2,8D2. The lowest BCUT2D eigenvalue weighted by molar-refractivity contribution is 0.138. The summed E-state index contributed by atoms with van der Waals surface area (Å²) in [4.78, 5) is 1.01. The molecule has 0 unspecified atom stereocenters. The lowest BCUT2D eigenvalue weighted by atomic mass is 10.3. The van der Waals surface area contributed by atoms with Crippen LogP contribution < -0.4 is 11.5 Å². The average molecular weight is 180 g/mol. The van der Waals surface area contributed by atoms with Gasteiger partial charge in [0.15, 0.2) is 0 Å². The summed E-state index contributed by atoms with van der Waals surface area (Å²) < 4.78 is 63.2. The van der Waals surface area contributed by atoms with Gasteiger partial charge in [-0.25, -0.2) is 0 Å². The predicted molar refractivity (Wildman–Crippen MR) is 51.0 cm³/mol. The van der Waals surface area contributed by atoms with E-state index in [9.17, 15) is 0 Å². The summed E-state index contributed by atoms with van der Waals surface area (Å²) >= 11 is 0. The van der Waals surface area contributed by atoms with Crippen LogP contribution in [0.3, 0.4) is 0 Å². The molecule has 1 rings (SSSR count). The van der Waals surface area contributed by atoms with E-state index in [4.69, 9.17) is 22.4 Å². The van der Waals surface area contributed by atoms with Gasteiger partial charge >= 0.3 is 0 Å². The number of hydrogen-bond acceptors (Lipinski definition) is 4. The van der Waals surface area contributed by atoms with Gasteiger partial charge in [-0.1, -0.05) is 0 Å². The minimum Gasteiger partial charge on any atom is -0.329 e. The Balaban J connectivity index is 3.43. The minimum absolute atomic E-state index is 0.123. The van der Waals surface area contributed by atoms with Crippen LogP contribution in [-0.2, 0) is 0 Å². The third kappa shape index (κ3) is 3.06. The zero-order valence-corrected chi connectivity index (χ0v) is 6.88. The second-order valence-electron chi connectivity index (χ2n) is 2.33.